The Hall–Kier alpha value is -1.97. The predicted molar refractivity (Wildman–Crippen MR) is 142 cm³/mol. The molecule has 6 rings (SSSR count). The molecule has 3 fully saturated rings. The molecular formula is C27H30N2O4S3. The zero-order valence-electron chi connectivity index (χ0n) is 20.8. The SMILES string of the molecule is CCOC(=O)CN1C(=O)C2C3CC(C2C1=O)C1C(c2ccc(C(C)(C)C)cc2)c2sc(=S)[nH]c2SC31. The number of hydrogen-bond donors (Lipinski definition) is 1. The maximum absolute atomic E-state index is 13.5. The van der Waals surface area contributed by atoms with Crippen molar-refractivity contribution < 1.29 is 19.1 Å². The van der Waals surface area contributed by atoms with Crippen molar-refractivity contribution in [2.45, 2.75) is 55.7 Å². The molecule has 4 aliphatic rings. The summed E-state index contributed by atoms with van der Waals surface area (Å²) in [4.78, 5) is 44.9. The van der Waals surface area contributed by atoms with Gasteiger partial charge in [-0.25, -0.2) is 0 Å². The summed E-state index contributed by atoms with van der Waals surface area (Å²) in [7, 11) is 0. The average Bonchev–Trinajstić information content (AvgIpc) is 3.54. The molecule has 2 aliphatic carbocycles. The van der Waals surface area contributed by atoms with E-state index in [1.165, 1.54) is 20.9 Å². The first-order valence-electron chi connectivity index (χ1n) is 12.6. The second-order valence-corrected chi connectivity index (χ2v) is 14.3. The average molecular weight is 543 g/mol. The number of H-pyrrole nitrogens is 1. The summed E-state index contributed by atoms with van der Waals surface area (Å²) in [6, 6.07) is 8.92. The molecule has 2 bridgehead atoms. The van der Waals surface area contributed by atoms with E-state index in [4.69, 9.17) is 17.0 Å². The van der Waals surface area contributed by atoms with Crippen molar-refractivity contribution in [2.24, 2.45) is 29.6 Å². The van der Waals surface area contributed by atoms with Crippen LogP contribution in [0.3, 0.4) is 0 Å². The molecule has 7 atom stereocenters. The molecule has 3 heterocycles. The number of benzene rings is 1. The van der Waals surface area contributed by atoms with E-state index >= 15 is 0 Å². The number of hydrogen-bond acceptors (Lipinski definition) is 7. The van der Waals surface area contributed by atoms with Crippen LogP contribution in [0.15, 0.2) is 29.3 Å². The van der Waals surface area contributed by atoms with Gasteiger partial charge in [0.2, 0.25) is 11.8 Å². The van der Waals surface area contributed by atoms with Gasteiger partial charge in [0.05, 0.1) is 23.5 Å². The molecule has 2 aliphatic heterocycles. The number of fused-ring (bicyclic) bond motifs is 9. The number of ether oxygens (including phenoxy) is 1. The molecule has 0 radical (unpaired) electrons. The third-order valence-electron chi connectivity index (χ3n) is 8.54. The van der Waals surface area contributed by atoms with Crippen molar-refractivity contribution in [1.29, 1.82) is 0 Å². The van der Waals surface area contributed by atoms with E-state index in [2.05, 4.69) is 50.0 Å². The molecule has 0 spiro atoms. The fourth-order valence-corrected chi connectivity index (χ4v) is 10.5. The first-order valence-corrected chi connectivity index (χ1v) is 14.7. The van der Waals surface area contributed by atoms with Gasteiger partial charge in [-0.15, -0.1) is 23.1 Å². The first-order chi connectivity index (χ1) is 17.1. The highest BCUT2D eigenvalue weighted by molar-refractivity contribution is 8.00. The van der Waals surface area contributed by atoms with Gasteiger partial charge in [0.15, 0.2) is 3.95 Å². The van der Waals surface area contributed by atoms with Gasteiger partial charge in [0.25, 0.3) is 0 Å². The van der Waals surface area contributed by atoms with Crippen LogP contribution in [0.4, 0.5) is 0 Å². The quantitative estimate of drug-likeness (QED) is 0.327. The standard InChI is InChI=1S/C27H30N2O4S3/c1-5-33-16(30)11-29-24(31)19-14-10-15(20(19)25(29)32)21-18(14)17(22-23(35-21)28-26(34)36-22)12-6-8-13(9-7-12)27(2,3)4/h6-9,14-15,17-21H,5,10-11H2,1-4H3,(H,28,34). The van der Waals surface area contributed by atoms with Crippen LogP contribution in [0.5, 0.6) is 0 Å². The molecule has 1 N–H and O–H groups in total. The van der Waals surface area contributed by atoms with Crippen molar-refractivity contribution in [3.63, 3.8) is 0 Å². The number of aromatic nitrogens is 1. The lowest BCUT2D eigenvalue weighted by atomic mass is 9.68. The molecule has 36 heavy (non-hydrogen) atoms. The lowest BCUT2D eigenvalue weighted by Gasteiger charge is -2.43. The molecule has 1 saturated heterocycles. The first kappa shape index (κ1) is 24.4. The Balaban J connectivity index is 1.38. The lowest BCUT2D eigenvalue weighted by Crippen LogP contribution is -2.42. The number of likely N-dealkylation sites (tertiary alicyclic amines) is 1. The minimum atomic E-state index is -0.523. The molecule has 2 aromatic rings. The van der Waals surface area contributed by atoms with Gasteiger partial charge in [-0.3, -0.25) is 19.3 Å². The molecule has 2 amide bonds. The highest BCUT2D eigenvalue weighted by Gasteiger charge is 2.69. The Kier molecular flexibility index (Phi) is 5.77. The van der Waals surface area contributed by atoms with Crippen LogP contribution in [0.1, 0.15) is 56.0 Å². The number of carbonyl (C=O) groups excluding carboxylic acids is 3. The van der Waals surface area contributed by atoms with Gasteiger partial charge in [0.1, 0.15) is 6.54 Å². The van der Waals surface area contributed by atoms with Gasteiger partial charge < -0.3 is 9.72 Å². The largest absolute Gasteiger partial charge is 0.465 e. The number of nitrogens with zero attached hydrogens (tertiary/aromatic N) is 1. The molecular weight excluding hydrogens is 513 g/mol. The van der Waals surface area contributed by atoms with E-state index in [1.807, 2.05) is 11.8 Å². The van der Waals surface area contributed by atoms with E-state index in [0.717, 1.165) is 15.4 Å². The maximum atomic E-state index is 13.5. The summed E-state index contributed by atoms with van der Waals surface area (Å²) in [5.41, 5.74) is 2.60. The van der Waals surface area contributed by atoms with Gasteiger partial charge in [-0.1, -0.05) is 45.0 Å². The number of aromatic amines is 1. The summed E-state index contributed by atoms with van der Waals surface area (Å²) in [5.74, 6) is -0.984. The molecule has 6 nitrogen and oxygen atoms in total. The van der Waals surface area contributed by atoms with Crippen molar-refractivity contribution in [1.82, 2.24) is 9.88 Å². The van der Waals surface area contributed by atoms with Crippen LogP contribution >= 0.6 is 35.3 Å². The lowest BCUT2D eigenvalue weighted by molar-refractivity contribution is -0.153. The van der Waals surface area contributed by atoms with Crippen molar-refractivity contribution >= 4 is 53.1 Å². The molecule has 9 heteroatoms. The second kappa shape index (κ2) is 8.53. The second-order valence-electron chi connectivity index (χ2n) is 11.4. The van der Waals surface area contributed by atoms with Gasteiger partial charge >= 0.3 is 5.97 Å². The maximum Gasteiger partial charge on any atom is 0.326 e. The summed E-state index contributed by atoms with van der Waals surface area (Å²) < 4.78 is 5.80. The van der Waals surface area contributed by atoms with Crippen molar-refractivity contribution in [3.05, 3.63) is 44.2 Å². The number of thioether (sulfide) groups is 1. The highest BCUT2D eigenvalue weighted by atomic mass is 32.2. The number of esters is 1. The van der Waals surface area contributed by atoms with Crippen molar-refractivity contribution in [3.8, 4) is 0 Å². The number of rotatable bonds is 4. The van der Waals surface area contributed by atoms with Crippen molar-refractivity contribution in [2.75, 3.05) is 13.2 Å². The Labute approximate surface area is 224 Å². The summed E-state index contributed by atoms with van der Waals surface area (Å²) in [6.45, 7) is 8.32. The molecule has 190 valence electrons. The van der Waals surface area contributed by atoms with Crippen LogP contribution in [0, 0.1) is 33.5 Å². The third kappa shape index (κ3) is 3.56. The van der Waals surface area contributed by atoms with Crippen LogP contribution in [-0.4, -0.2) is 46.1 Å². The van der Waals surface area contributed by atoms with Crippen LogP contribution < -0.4 is 0 Å². The van der Waals surface area contributed by atoms with Gasteiger partial charge in [-0.05, 0) is 59.9 Å². The Morgan fingerprint density at radius 2 is 1.81 bits per heavy atom. The summed E-state index contributed by atoms with van der Waals surface area (Å²) in [6.07, 6.45) is 0.884. The molecule has 2 saturated carbocycles. The van der Waals surface area contributed by atoms with Gasteiger partial charge in [0, 0.05) is 16.0 Å². The zero-order chi connectivity index (χ0) is 25.5. The number of nitrogens with one attached hydrogen (secondary N) is 1. The topological polar surface area (TPSA) is 79.5 Å². The fraction of sp³-hybridized carbons (Fsp3) is 0.556. The fourth-order valence-electron chi connectivity index (χ4n) is 7.13. The Bertz CT molecular complexity index is 1310. The monoisotopic (exact) mass is 542 g/mol. The molecule has 1 aromatic heterocycles. The summed E-state index contributed by atoms with van der Waals surface area (Å²) >= 11 is 8.99. The normalized spacial score (nSPS) is 32.4. The summed E-state index contributed by atoms with van der Waals surface area (Å²) in [5, 5.41) is 1.34. The molecule has 7 unspecified atom stereocenters. The smallest absolute Gasteiger partial charge is 0.326 e. The number of amides is 2. The van der Waals surface area contributed by atoms with E-state index in [1.54, 1.807) is 18.3 Å². The van der Waals surface area contributed by atoms with E-state index in [-0.39, 0.29) is 71.1 Å². The van der Waals surface area contributed by atoms with E-state index in [9.17, 15) is 14.4 Å². The third-order valence-corrected chi connectivity index (χ3v) is 11.5. The number of imide groups is 1. The minimum Gasteiger partial charge on any atom is -0.465 e. The van der Waals surface area contributed by atoms with Crippen LogP contribution in [-0.2, 0) is 24.5 Å². The Morgan fingerprint density at radius 1 is 1.14 bits per heavy atom. The minimum absolute atomic E-state index is 0.0673. The van der Waals surface area contributed by atoms with Gasteiger partial charge in [-0.2, -0.15) is 0 Å². The highest BCUT2D eigenvalue weighted by Crippen LogP contribution is 2.68. The van der Waals surface area contributed by atoms with E-state index < -0.39 is 5.97 Å². The predicted octanol–water partition coefficient (Wildman–Crippen LogP) is 5.14. The van der Waals surface area contributed by atoms with Crippen LogP contribution in [0.2, 0.25) is 0 Å². The van der Waals surface area contributed by atoms with E-state index in [0.29, 0.717) is 0 Å². The number of thiazole rings is 1. The van der Waals surface area contributed by atoms with Crippen LogP contribution in [0.25, 0.3) is 0 Å². The molecule has 1 aromatic carbocycles. The zero-order valence-corrected chi connectivity index (χ0v) is 23.2. The number of carbonyl (C=O) groups is 3. The Morgan fingerprint density at radius 3 is 2.44 bits per heavy atom.